The summed E-state index contributed by atoms with van der Waals surface area (Å²) in [6, 6.07) is 14.9. The van der Waals surface area contributed by atoms with E-state index in [0.29, 0.717) is 61.3 Å². The Bertz CT molecular complexity index is 1730. The predicted octanol–water partition coefficient (Wildman–Crippen LogP) is 9.00. The van der Waals surface area contributed by atoms with Gasteiger partial charge in [0.15, 0.2) is 11.5 Å². The molecular weight excluding hydrogens is 706 g/mol. The van der Waals surface area contributed by atoms with Crippen LogP contribution in [-0.2, 0) is 21.9 Å². The van der Waals surface area contributed by atoms with Gasteiger partial charge in [0, 0.05) is 22.0 Å². The van der Waals surface area contributed by atoms with Crippen LogP contribution in [0.2, 0.25) is 10.0 Å². The summed E-state index contributed by atoms with van der Waals surface area (Å²) in [6.07, 6.45) is 1.63. The number of nitrogens with one attached hydrogen (secondary N) is 1. The van der Waals surface area contributed by atoms with Crippen LogP contribution in [0.25, 0.3) is 0 Å². The number of nitrogens with zero attached hydrogens (tertiary/aromatic N) is 3. The standard InChI is InChI=1S/C32H30BrCl2FN4O4S/c1-4-5-13-43-30(41)27-18(2)37-31-38-32(45-17-19-9-6-7-10-23(19)34)39-40(31)28(27)20-14-22(33)29(26(15-20)42-3)44-16-21-24(35)11-8-12-25(21)36/h6-12,14-15,28H,4-5,13,16-17H2,1-3H3,(H,37,38,39). The molecule has 8 nitrogen and oxygen atoms in total. The van der Waals surface area contributed by atoms with E-state index in [-0.39, 0.29) is 17.2 Å². The van der Waals surface area contributed by atoms with Gasteiger partial charge in [0.05, 0.1) is 28.8 Å². The number of esters is 1. The van der Waals surface area contributed by atoms with Crippen LogP contribution >= 0.6 is 50.9 Å². The van der Waals surface area contributed by atoms with Crippen LogP contribution in [0.3, 0.4) is 0 Å². The lowest BCUT2D eigenvalue weighted by molar-refractivity contribution is -0.139. The van der Waals surface area contributed by atoms with Crippen LogP contribution in [0.4, 0.5) is 10.3 Å². The lowest BCUT2D eigenvalue weighted by atomic mass is 9.95. The minimum atomic E-state index is -0.710. The Kier molecular flexibility index (Phi) is 11.0. The summed E-state index contributed by atoms with van der Waals surface area (Å²) in [6.45, 7) is 4.00. The van der Waals surface area contributed by atoms with Crippen molar-refractivity contribution < 1.29 is 23.4 Å². The molecule has 0 spiro atoms. The van der Waals surface area contributed by atoms with Crippen molar-refractivity contribution in [2.75, 3.05) is 19.0 Å². The summed E-state index contributed by atoms with van der Waals surface area (Å²) < 4.78 is 34.0. The number of fused-ring (bicyclic) bond motifs is 1. The molecule has 1 N–H and O–H groups in total. The molecule has 3 aromatic carbocycles. The van der Waals surface area contributed by atoms with Crippen molar-refractivity contribution in [1.29, 1.82) is 0 Å². The Morgan fingerprint density at radius 3 is 2.67 bits per heavy atom. The molecule has 0 saturated carbocycles. The molecule has 13 heteroatoms. The molecular formula is C32H30BrCl2FN4O4S. The molecule has 0 bridgehead atoms. The molecule has 1 aliphatic rings. The van der Waals surface area contributed by atoms with Crippen LogP contribution < -0.4 is 14.8 Å². The number of anilines is 1. The van der Waals surface area contributed by atoms with Crippen molar-refractivity contribution in [2.24, 2.45) is 0 Å². The number of carbonyl (C=O) groups excluding carboxylic acids is 1. The lowest BCUT2D eigenvalue weighted by Crippen LogP contribution is -2.30. The number of halogens is 4. The van der Waals surface area contributed by atoms with Crippen LogP contribution in [0.15, 0.2) is 75.5 Å². The second kappa shape index (κ2) is 14.9. The third kappa shape index (κ3) is 7.43. The fourth-order valence-corrected chi connectivity index (χ4v) is 6.67. The average molecular weight is 736 g/mol. The van der Waals surface area contributed by atoms with E-state index in [1.807, 2.05) is 37.3 Å². The van der Waals surface area contributed by atoms with E-state index in [2.05, 4.69) is 21.2 Å². The van der Waals surface area contributed by atoms with Gasteiger partial charge in [-0.15, -0.1) is 5.10 Å². The molecule has 4 aromatic rings. The van der Waals surface area contributed by atoms with Crippen molar-refractivity contribution in [1.82, 2.24) is 14.8 Å². The maximum Gasteiger partial charge on any atom is 0.338 e. The van der Waals surface area contributed by atoms with Gasteiger partial charge in [-0.1, -0.05) is 72.6 Å². The molecule has 1 unspecified atom stereocenters. The van der Waals surface area contributed by atoms with E-state index in [9.17, 15) is 9.18 Å². The molecule has 1 aliphatic heterocycles. The van der Waals surface area contributed by atoms with Crippen LogP contribution in [0.1, 0.15) is 49.4 Å². The summed E-state index contributed by atoms with van der Waals surface area (Å²) >= 11 is 17.6. The number of rotatable bonds is 12. The highest BCUT2D eigenvalue weighted by Gasteiger charge is 2.36. The zero-order valence-electron chi connectivity index (χ0n) is 24.7. The Hall–Kier alpha value is -3.25. The van der Waals surface area contributed by atoms with Crippen LogP contribution in [0, 0.1) is 5.82 Å². The first-order valence-electron chi connectivity index (χ1n) is 14.1. The maximum atomic E-state index is 14.4. The molecule has 236 valence electrons. The van der Waals surface area contributed by atoms with Gasteiger partial charge in [-0.3, -0.25) is 0 Å². The molecule has 0 fully saturated rings. The van der Waals surface area contributed by atoms with Crippen LogP contribution in [-0.4, -0.2) is 34.5 Å². The minimum Gasteiger partial charge on any atom is -0.493 e. The van der Waals surface area contributed by atoms with Gasteiger partial charge in [0.1, 0.15) is 18.5 Å². The third-order valence-electron chi connectivity index (χ3n) is 7.09. The largest absolute Gasteiger partial charge is 0.493 e. The highest BCUT2D eigenvalue weighted by atomic mass is 79.9. The number of benzene rings is 3. The number of allylic oxidation sites excluding steroid dienone is 1. The van der Waals surface area contributed by atoms with E-state index in [0.717, 1.165) is 18.4 Å². The Balaban J connectivity index is 1.51. The lowest BCUT2D eigenvalue weighted by Gasteiger charge is -2.29. The normalized spacial score (nSPS) is 14.2. The molecule has 2 heterocycles. The summed E-state index contributed by atoms with van der Waals surface area (Å²) in [5, 5.41) is 9.45. The number of thioether (sulfide) groups is 1. The van der Waals surface area contributed by atoms with Crippen molar-refractivity contribution in [3.05, 3.63) is 103 Å². The number of aromatic nitrogens is 3. The second-order valence-corrected chi connectivity index (χ2v) is 12.7. The van der Waals surface area contributed by atoms with Crippen molar-refractivity contribution in [2.45, 2.75) is 50.2 Å². The average Bonchev–Trinajstić information content (AvgIpc) is 3.42. The smallest absolute Gasteiger partial charge is 0.338 e. The second-order valence-electron chi connectivity index (χ2n) is 10.1. The highest BCUT2D eigenvalue weighted by Crippen LogP contribution is 2.44. The summed E-state index contributed by atoms with van der Waals surface area (Å²) in [7, 11) is 1.50. The number of hydrogen-bond acceptors (Lipinski definition) is 8. The van der Waals surface area contributed by atoms with E-state index in [1.165, 1.54) is 31.0 Å². The van der Waals surface area contributed by atoms with Gasteiger partial charge in [-0.05, 0) is 70.7 Å². The number of hydrogen-bond donors (Lipinski definition) is 1. The third-order valence-corrected chi connectivity index (χ3v) is 9.29. The zero-order chi connectivity index (χ0) is 32.1. The highest BCUT2D eigenvalue weighted by molar-refractivity contribution is 9.10. The molecule has 1 atom stereocenters. The molecule has 5 rings (SSSR count). The topological polar surface area (TPSA) is 87.5 Å². The molecule has 0 saturated heterocycles. The Morgan fingerprint density at radius 2 is 1.93 bits per heavy atom. The summed E-state index contributed by atoms with van der Waals surface area (Å²) in [5.74, 6) is 0.790. The molecule has 45 heavy (non-hydrogen) atoms. The number of carbonyl (C=O) groups is 1. The Morgan fingerprint density at radius 1 is 1.16 bits per heavy atom. The summed E-state index contributed by atoms with van der Waals surface area (Å²) in [5.41, 5.74) is 2.81. The van der Waals surface area contributed by atoms with Crippen molar-refractivity contribution >= 4 is 62.8 Å². The quantitative estimate of drug-likeness (QED) is 0.0877. The molecule has 0 radical (unpaired) electrons. The Labute approximate surface area is 283 Å². The first-order valence-corrected chi connectivity index (χ1v) is 16.7. The predicted molar refractivity (Wildman–Crippen MR) is 178 cm³/mol. The van der Waals surface area contributed by atoms with Gasteiger partial charge in [-0.2, -0.15) is 4.98 Å². The van der Waals surface area contributed by atoms with Gasteiger partial charge < -0.3 is 19.5 Å². The molecule has 0 aliphatic carbocycles. The van der Waals surface area contributed by atoms with Gasteiger partial charge in [0.2, 0.25) is 11.1 Å². The SMILES string of the molecule is CCCCOC(=O)C1=C(C)Nc2nc(SCc3ccccc3Cl)nn2C1c1cc(Br)c(OCc2c(F)cccc2Cl)c(OC)c1. The van der Waals surface area contributed by atoms with E-state index < -0.39 is 17.8 Å². The van der Waals surface area contributed by atoms with E-state index >= 15 is 0 Å². The maximum absolute atomic E-state index is 14.4. The fraction of sp³-hybridized carbons (Fsp3) is 0.281. The minimum absolute atomic E-state index is 0.125. The van der Waals surface area contributed by atoms with Gasteiger partial charge in [0.25, 0.3) is 0 Å². The van der Waals surface area contributed by atoms with Gasteiger partial charge in [-0.25, -0.2) is 13.9 Å². The monoisotopic (exact) mass is 734 g/mol. The van der Waals surface area contributed by atoms with Crippen molar-refractivity contribution in [3.63, 3.8) is 0 Å². The molecule has 0 amide bonds. The first kappa shape index (κ1) is 33.1. The number of methoxy groups -OCH3 is 1. The van der Waals surface area contributed by atoms with E-state index in [4.69, 9.17) is 47.5 Å². The molecule has 1 aromatic heterocycles. The summed E-state index contributed by atoms with van der Waals surface area (Å²) in [4.78, 5) is 18.3. The van der Waals surface area contributed by atoms with E-state index in [1.54, 1.807) is 23.7 Å². The fourth-order valence-electron chi connectivity index (χ4n) is 4.76. The first-order chi connectivity index (χ1) is 21.7. The van der Waals surface area contributed by atoms with Crippen LogP contribution in [0.5, 0.6) is 11.5 Å². The van der Waals surface area contributed by atoms with Crippen molar-refractivity contribution in [3.8, 4) is 11.5 Å². The van der Waals surface area contributed by atoms with Gasteiger partial charge >= 0.3 is 5.97 Å². The zero-order valence-corrected chi connectivity index (χ0v) is 28.6. The number of ether oxygens (including phenoxy) is 3. The number of unbranched alkanes of at least 4 members (excludes halogenated alkanes) is 1.